The van der Waals surface area contributed by atoms with E-state index in [2.05, 4.69) is 108 Å². The van der Waals surface area contributed by atoms with Gasteiger partial charge < -0.3 is 0 Å². The number of hydrogen-bond donors (Lipinski definition) is 0. The molecule has 110 valence electrons. The average molecular weight is 369 g/mol. The minimum absolute atomic E-state index is 0.348. The molecule has 0 nitrogen and oxygen atoms in total. The molecule has 3 aromatic rings. The van der Waals surface area contributed by atoms with Crippen molar-refractivity contribution in [1.29, 1.82) is 0 Å². The second kappa shape index (κ2) is 7.22. The molecule has 3 rings (SSSR count). The molecule has 0 aliphatic carbocycles. The highest BCUT2D eigenvalue weighted by Gasteiger charge is 2.20. The van der Waals surface area contributed by atoms with Crippen molar-refractivity contribution < 1.29 is 0 Å². The summed E-state index contributed by atoms with van der Waals surface area (Å²) in [5, 5.41) is 4.22. The zero-order valence-electron chi connectivity index (χ0n) is 12.5. The minimum Gasteiger partial charge on any atom is -0.0842 e. The lowest BCUT2D eigenvalue weighted by Crippen LogP contribution is -2.23. The lowest BCUT2D eigenvalue weighted by atomic mass is 10.2. The van der Waals surface area contributed by atoms with E-state index in [9.17, 15) is 0 Å². The Morgan fingerprint density at radius 3 is 1.64 bits per heavy atom. The van der Waals surface area contributed by atoms with Crippen LogP contribution < -0.4 is 15.9 Å². The predicted molar refractivity (Wildman–Crippen MR) is 102 cm³/mol. The first-order chi connectivity index (χ1) is 10.8. The number of rotatable bonds is 4. The van der Waals surface area contributed by atoms with Gasteiger partial charge in [0, 0.05) is 4.83 Å². The van der Waals surface area contributed by atoms with Crippen LogP contribution in [0.1, 0.15) is 17.3 Å². The average Bonchev–Trinajstić information content (AvgIpc) is 2.57. The highest BCUT2D eigenvalue weighted by molar-refractivity contribution is 9.09. The third-order valence-electron chi connectivity index (χ3n) is 3.63. The van der Waals surface area contributed by atoms with Crippen LogP contribution >= 0.6 is 23.9 Å². The van der Waals surface area contributed by atoms with Gasteiger partial charge in [-0.1, -0.05) is 101 Å². The molecule has 1 unspecified atom stereocenters. The molecule has 0 fully saturated rings. The molecule has 0 aliphatic heterocycles. The van der Waals surface area contributed by atoms with Crippen molar-refractivity contribution in [3.05, 3.63) is 90.5 Å². The third kappa shape index (κ3) is 3.32. The summed E-state index contributed by atoms with van der Waals surface area (Å²) in [4.78, 5) is 0.348. The number of halogens is 1. The lowest BCUT2D eigenvalue weighted by Gasteiger charge is -2.23. The zero-order chi connectivity index (χ0) is 15.4. The normalized spacial score (nSPS) is 12.3. The van der Waals surface area contributed by atoms with E-state index < -0.39 is 7.92 Å². The molecule has 3 aromatic carbocycles. The molecule has 0 radical (unpaired) electrons. The topological polar surface area (TPSA) is 0 Å². The van der Waals surface area contributed by atoms with Crippen LogP contribution in [0.25, 0.3) is 0 Å². The van der Waals surface area contributed by atoms with Gasteiger partial charge in [0.25, 0.3) is 0 Å². The van der Waals surface area contributed by atoms with E-state index in [1.807, 2.05) is 0 Å². The second-order valence-electron chi connectivity index (χ2n) is 5.18. The molecule has 0 spiro atoms. The number of hydrogen-bond acceptors (Lipinski definition) is 0. The van der Waals surface area contributed by atoms with Crippen molar-refractivity contribution in [2.45, 2.75) is 11.8 Å². The maximum absolute atomic E-state index is 3.76. The summed E-state index contributed by atoms with van der Waals surface area (Å²) in [5.74, 6) is 0. The summed E-state index contributed by atoms with van der Waals surface area (Å²) in [6.07, 6.45) is 0. The van der Waals surface area contributed by atoms with E-state index in [0.29, 0.717) is 4.83 Å². The fourth-order valence-corrected chi connectivity index (χ4v) is 5.74. The Morgan fingerprint density at radius 1 is 0.682 bits per heavy atom. The van der Waals surface area contributed by atoms with Gasteiger partial charge in [-0.15, -0.1) is 0 Å². The van der Waals surface area contributed by atoms with Crippen LogP contribution in [0.4, 0.5) is 0 Å². The molecule has 0 saturated heterocycles. The first-order valence-electron chi connectivity index (χ1n) is 7.40. The molecular weight excluding hydrogens is 351 g/mol. The van der Waals surface area contributed by atoms with Gasteiger partial charge in [0.05, 0.1) is 0 Å². The van der Waals surface area contributed by atoms with Crippen LogP contribution in [0.5, 0.6) is 0 Å². The standard InChI is InChI=1S/C20H18BrP/c1-16(21)19-14-8-9-15-20(19)22(17-10-4-2-5-11-17)18-12-6-3-7-13-18/h2-16H,1H3. The van der Waals surface area contributed by atoms with Gasteiger partial charge in [-0.25, -0.2) is 0 Å². The van der Waals surface area contributed by atoms with Crippen molar-refractivity contribution in [2.75, 3.05) is 0 Å². The van der Waals surface area contributed by atoms with E-state index in [1.54, 1.807) is 0 Å². The molecule has 0 saturated carbocycles. The fraction of sp³-hybridized carbons (Fsp3) is 0.100. The molecule has 22 heavy (non-hydrogen) atoms. The van der Waals surface area contributed by atoms with Gasteiger partial charge in [0.1, 0.15) is 0 Å². The van der Waals surface area contributed by atoms with Crippen molar-refractivity contribution in [3.8, 4) is 0 Å². The first-order valence-corrected chi connectivity index (χ1v) is 9.66. The van der Waals surface area contributed by atoms with E-state index in [1.165, 1.54) is 21.5 Å². The highest BCUT2D eigenvalue weighted by Crippen LogP contribution is 2.36. The Morgan fingerprint density at radius 2 is 1.14 bits per heavy atom. The Kier molecular flexibility index (Phi) is 5.08. The van der Waals surface area contributed by atoms with Gasteiger partial charge in [-0.2, -0.15) is 0 Å². The minimum atomic E-state index is -0.529. The molecule has 0 N–H and O–H groups in total. The van der Waals surface area contributed by atoms with Crippen molar-refractivity contribution in [2.24, 2.45) is 0 Å². The SMILES string of the molecule is CC(Br)c1ccccc1P(c1ccccc1)c1ccccc1. The van der Waals surface area contributed by atoms with Crippen LogP contribution in [-0.4, -0.2) is 0 Å². The largest absolute Gasteiger partial charge is 0.0842 e. The second-order valence-corrected chi connectivity index (χ2v) is 8.74. The van der Waals surface area contributed by atoms with Gasteiger partial charge in [-0.3, -0.25) is 0 Å². The van der Waals surface area contributed by atoms with Crippen LogP contribution in [-0.2, 0) is 0 Å². The van der Waals surface area contributed by atoms with Crippen molar-refractivity contribution in [3.63, 3.8) is 0 Å². The Labute approximate surface area is 142 Å². The maximum atomic E-state index is 3.76. The number of alkyl halides is 1. The molecule has 0 aromatic heterocycles. The Balaban J connectivity index is 2.19. The van der Waals surface area contributed by atoms with Crippen LogP contribution in [0, 0.1) is 0 Å². The Bertz CT molecular complexity index is 683. The summed E-state index contributed by atoms with van der Waals surface area (Å²) < 4.78 is 0. The summed E-state index contributed by atoms with van der Waals surface area (Å²) >= 11 is 3.76. The summed E-state index contributed by atoms with van der Waals surface area (Å²) in [6, 6.07) is 30.5. The van der Waals surface area contributed by atoms with E-state index in [-0.39, 0.29) is 0 Å². The lowest BCUT2D eigenvalue weighted by molar-refractivity contribution is 1.14. The summed E-state index contributed by atoms with van der Waals surface area (Å²) in [6.45, 7) is 2.20. The van der Waals surface area contributed by atoms with Gasteiger partial charge in [0.2, 0.25) is 0 Å². The Hall–Kier alpha value is -1.43. The molecule has 0 bridgehead atoms. The smallest absolute Gasteiger partial charge is 0.0373 e. The highest BCUT2D eigenvalue weighted by atomic mass is 79.9. The molecule has 2 heteroatoms. The van der Waals surface area contributed by atoms with Gasteiger partial charge in [0.15, 0.2) is 0 Å². The van der Waals surface area contributed by atoms with Crippen LogP contribution in [0.15, 0.2) is 84.9 Å². The molecular formula is C20H18BrP. The summed E-state index contributed by atoms with van der Waals surface area (Å²) in [7, 11) is -0.529. The quantitative estimate of drug-likeness (QED) is 0.453. The monoisotopic (exact) mass is 368 g/mol. The van der Waals surface area contributed by atoms with Gasteiger partial charge in [-0.05, 0) is 36.3 Å². The molecule has 0 amide bonds. The van der Waals surface area contributed by atoms with Crippen LogP contribution in [0.2, 0.25) is 0 Å². The van der Waals surface area contributed by atoms with Crippen molar-refractivity contribution >= 4 is 39.8 Å². The first kappa shape index (κ1) is 15.5. The van der Waals surface area contributed by atoms with Gasteiger partial charge >= 0.3 is 0 Å². The zero-order valence-corrected chi connectivity index (χ0v) is 15.0. The van der Waals surface area contributed by atoms with E-state index in [0.717, 1.165) is 0 Å². The maximum Gasteiger partial charge on any atom is 0.0373 e. The summed E-state index contributed by atoms with van der Waals surface area (Å²) in [5.41, 5.74) is 1.38. The molecule has 0 heterocycles. The molecule has 1 atom stereocenters. The van der Waals surface area contributed by atoms with E-state index >= 15 is 0 Å². The molecule has 0 aliphatic rings. The predicted octanol–water partition coefficient (Wildman–Crippen LogP) is 4.90. The van der Waals surface area contributed by atoms with Crippen molar-refractivity contribution in [1.82, 2.24) is 0 Å². The fourth-order valence-electron chi connectivity index (χ4n) is 2.61. The van der Waals surface area contributed by atoms with E-state index in [4.69, 9.17) is 0 Å². The third-order valence-corrected chi connectivity index (χ3v) is 6.65. The van der Waals surface area contributed by atoms with Crippen LogP contribution in [0.3, 0.4) is 0 Å². The number of benzene rings is 3.